The van der Waals surface area contributed by atoms with Gasteiger partial charge in [0.05, 0.1) is 12.7 Å². The van der Waals surface area contributed by atoms with Crippen molar-refractivity contribution >= 4 is 17.4 Å². The van der Waals surface area contributed by atoms with E-state index in [1.54, 1.807) is 24.4 Å². The number of nitrogens with one attached hydrogen (secondary N) is 1. The molecule has 0 unspecified atom stereocenters. The smallest absolute Gasteiger partial charge is 0.221 e. The number of tetrazole rings is 1. The molecule has 0 aliphatic heterocycles. The highest BCUT2D eigenvalue weighted by molar-refractivity contribution is 5.89. The summed E-state index contributed by atoms with van der Waals surface area (Å²) in [5.74, 6) is -0.316. The van der Waals surface area contributed by atoms with E-state index in [9.17, 15) is 9.18 Å². The van der Waals surface area contributed by atoms with Gasteiger partial charge in [-0.15, -0.1) is 5.10 Å². The SMILES string of the molecule is COc1cccc(-n2nnnc2-c2cc(-c3cccc(NC(C)=O)c3)cnc2N)c1F. The molecular formula is C21H18FN7O2. The maximum atomic E-state index is 14.8. The number of methoxy groups -OCH3 is 1. The van der Waals surface area contributed by atoms with Crippen molar-refractivity contribution in [1.29, 1.82) is 0 Å². The number of hydrogen-bond donors (Lipinski definition) is 2. The Hall–Kier alpha value is -4.34. The summed E-state index contributed by atoms with van der Waals surface area (Å²) in [5.41, 5.74) is 8.80. The molecule has 0 saturated carbocycles. The van der Waals surface area contributed by atoms with Crippen LogP contribution in [0.15, 0.2) is 54.7 Å². The maximum absolute atomic E-state index is 14.8. The number of carbonyl (C=O) groups is 1. The monoisotopic (exact) mass is 419 g/mol. The number of amides is 1. The summed E-state index contributed by atoms with van der Waals surface area (Å²) in [6.45, 7) is 1.44. The van der Waals surface area contributed by atoms with Gasteiger partial charge in [0.25, 0.3) is 0 Å². The van der Waals surface area contributed by atoms with Gasteiger partial charge in [-0.3, -0.25) is 4.79 Å². The normalized spacial score (nSPS) is 10.7. The Morgan fingerprint density at radius 3 is 2.74 bits per heavy atom. The molecule has 9 nitrogen and oxygen atoms in total. The topological polar surface area (TPSA) is 121 Å². The van der Waals surface area contributed by atoms with Gasteiger partial charge in [-0.2, -0.15) is 4.68 Å². The van der Waals surface area contributed by atoms with Crippen LogP contribution in [0.3, 0.4) is 0 Å². The number of ether oxygens (including phenoxy) is 1. The Labute approximate surface area is 176 Å². The lowest BCUT2D eigenvalue weighted by molar-refractivity contribution is -0.114. The van der Waals surface area contributed by atoms with Crippen molar-refractivity contribution in [1.82, 2.24) is 25.2 Å². The molecular weight excluding hydrogens is 401 g/mol. The highest BCUT2D eigenvalue weighted by Gasteiger charge is 2.19. The Kier molecular flexibility index (Phi) is 5.27. The van der Waals surface area contributed by atoms with Crippen molar-refractivity contribution in [2.75, 3.05) is 18.2 Å². The molecule has 2 heterocycles. The van der Waals surface area contributed by atoms with Gasteiger partial charge >= 0.3 is 0 Å². The predicted octanol–water partition coefficient (Wildman–Crippen LogP) is 3.08. The van der Waals surface area contributed by atoms with E-state index < -0.39 is 5.82 Å². The van der Waals surface area contributed by atoms with E-state index >= 15 is 0 Å². The predicted molar refractivity (Wildman–Crippen MR) is 113 cm³/mol. The zero-order valence-corrected chi connectivity index (χ0v) is 16.7. The summed E-state index contributed by atoms with van der Waals surface area (Å²) >= 11 is 0. The summed E-state index contributed by atoms with van der Waals surface area (Å²) in [4.78, 5) is 15.6. The summed E-state index contributed by atoms with van der Waals surface area (Å²) in [6.07, 6.45) is 1.60. The fourth-order valence-corrected chi connectivity index (χ4v) is 3.13. The van der Waals surface area contributed by atoms with Gasteiger partial charge in [-0.25, -0.2) is 9.37 Å². The Morgan fingerprint density at radius 2 is 1.97 bits per heavy atom. The van der Waals surface area contributed by atoms with E-state index in [1.165, 1.54) is 30.8 Å². The first-order valence-electron chi connectivity index (χ1n) is 9.23. The van der Waals surface area contributed by atoms with Crippen molar-refractivity contribution in [3.63, 3.8) is 0 Å². The zero-order valence-electron chi connectivity index (χ0n) is 16.7. The molecule has 31 heavy (non-hydrogen) atoms. The number of nitrogen functional groups attached to an aromatic ring is 1. The number of benzene rings is 2. The number of carbonyl (C=O) groups excluding carboxylic acids is 1. The molecule has 4 rings (SSSR count). The number of pyridine rings is 1. The van der Waals surface area contributed by atoms with Crippen molar-refractivity contribution in [2.45, 2.75) is 6.92 Å². The van der Waals surface area contributed by atoms with E-state index in [1.807, 2.05) is 18.2 Å². The quantitative estimate of drug-likeness (QED) is 0.510. The van der Waals surface area contributed by atoms with Gasteiger partial charge in [0.15, 0.2) is 17.4 Å². The molecule has 3 N–H and O–H groups in total. The second-order valence-corrected chi connectivity index (χ2v) is 6.63. The third-order valence-electron chi connectivity index (χ3n) is 4.54. The Bertz CT molecular complexity index is 1270. The van der Waals surface area contributed by atoms with Crippen LogP contribution in [0.2, 0.25) is 0 Å². The lowest BCUT2D eigenvalue weighted by Crippen LogP contribution is -2.06. The van der Waals surface area contributed by atoms with Crippen LogP contribution in [-0.4, -0.2) is 38.2 Å². The Balaban J connectivity index is 1.80. The maximum Gasteiger partial charge on any atom is 0.221 e. The first-order valence-corrected chi connectivity index (χ1v) is 9.23. The first-order chi connectivity index (χ1) is 15.0. The first kappa shape index (κ1) is 20.0. The van der Waals surface area contributed by atoms with E-state index in [0.717, 1.165) is 11.1 Å². The lowest BCUT2D eigenvalue weighted by Gasteiger charge is -2.11. The molecule has 0 radical (unpaired) electrons. The minimum atomic E-state index is -0.607. The van der Waals surface area contributed by atoms with Gasteiger partial charge in [-0.05, 0) is 46.3 Å². The molecule has 0 aliphatic rings. The summed E-state index contributed by atoms with van der Waals surface area (Å²) in [7, 11) is 1.38. The molecule has 0 fully saturated rings. The van der Waals surface area contributed by atoms with E-state index in [0.29, 0.717) is 11.3 Å². The van der Waals surface area contributed by atoms with E-state index in [2.05, 4.69) is 25.8 Å². The summed E-state index contributed by atoms with van der Waals surface area (Å²) in [5, 5.41) is 14.4. The number of nitrogens with zero attached hydrogens (tertiary/aromatic N) is 5. The standard InChI is InChI=1S/C21H18FN7O2/c1-12(30)25-15-6-3-5-13(9-15)14-10-16(20(23)24-11-14)21-26-27-28-29(21)17-7-4-8-18(31-2)19(17)22/h3-11H,1-2H3,(H2,23,24)(H,25,30). The number of nitrogens with two attached hydrogens (primary N) is 1. The zero-order chi connectivity index (χ0) is 22.0. The molecule has 1 amide bonds. The van der Waals surface area contributed by atoms with Crippen molar-refractivity contribution in [3.05, 3.63) is 60.5 Å². The lowest BCUT2D eigenvalue weighted by atomic mass is 10.0. The molecule has 2 aromatic heterocycles. The van der Waals surface area contributed by atoms with Crippen LogP contribution in [0, 0.1) is 5.82 Å². The number of aromatic nitrogens is 5. The minimum Gasteiger partial charge on any atom is -0.494 e. The minimum absolute atomic E-state index is 0.0635. The Morgan fingerprint density at radius 1 is 1.16 bits per heavy atom. The molecule has 0 saturated heterocycles. The molecule has 0 spiro atoms. The van der Waals surface area contributed by atoms with Crippen molar-refractivity contribution < 1.29 is 13.9 Å². The molecule has 4 aromatic rings. The van der Waals surface area contributed by atoms with Gasteiger partial charge < -0.3 is 15.8 Å². The van der Waals surface area contributed by atoms with Crippen LogP contribution in [0.1, 0.15) is 6.92 Å². The molecule has 0 atom stereocenters. The van der Waals surface area contributed by atoms with Crippen LogP contribution >= 0.6 is 0 Å². The molecule has 2 aromatic carbocycles. The van der Waals surface area contributed by atoms with Crippen LogP contribution in [-0.2, 0) is 4.79 Å². The van der Waals surface area contributed by atoms with Crippen LogP contribution in [0.4, 0.5) is 15.9 Å². The van der Waals surface area contributed by atoms with E-state index in [-0.39, 0.29) is 29.0 Å². The number of halogens is 1. The molecule has 156 valence electrons. The fourth-order valence-electron chi connectivity index (χ4n) is 3.13. The number of anilines is 2. The summed E-state index contributed by atoms with van der Waals surface area (Å²) < 4.78 is 21.1. The second-order valence-electron chi connectivity index (χ2n) is 6.63. The molecule has 10 heteroatoms. The average Bonchev–Trinajstić information content (AvgIpc) is 3.23. The van der Waals surface area contributed by atoms with Crippen molar-refractivity contribution in [3.8, 4) is 34.0 Å². The second kappa shape index (κ2) is 8.19. The average molecular weight is 419 g/mol. The third kappa shape index (κ3) is 3.90. The number of rotatable bonds is 5. The third-order valence-corrected chi connectivity index (χ3v) is 4.54. The van der Waals surface area contributed by atoms with Gasteiger partial charge in [0, 0.05) is 24.4 Å². The highest BCUT2D eigenvalue weighted by atomic mass is 19.1. The van der Waals surface area contributed by atoms with E-state index in [4.69, 9.17) is 10.5 Å². The van der Waals surface area contributed by atoms with Crippen LogP contribution in [0.5, 0.6) is 5.75 Å². The molecule has 0 bridgehead atoms. The molecule has 0 aliphatic carbocycles. The fraction of sp³-hybridized carbons (Fsp3) is 0.0952. The van der Waals surface area contributed by atoms with Crippen LogP contribution < -0.4 is 15.8 Å². The number of hydrogen-bond acceptors (Lipinski definition) is 7. The van der Waals surface area contributed by atoms with Crippen molar-refractivity contribution in [2.24, 2.45) is 0 Å². The van der Waals surface area contributed by atoms with Gasteiger partial charge in [0.2, 0.25) is 5.91 Å². The van der Waals surface area contributed by atoms with Gasteiger partial charge in [0.1, 0.15) is 11.5 Å². The highest BCUT2D eigenvalue weighted by Crippen LogP contribution is 2.31. The van der Waals surface area contributed by atoms with Gasteiger partial charge in [-0.1, -0.05) is 18.2 Å². The van der Waals surface area contributed by atoms with Crippen LogP contribution in [0.25, 0.3) is 28.2 Å². The largest absolute Gasteiger partial charge is 0.494 e. The summed E-state index contributed by atoms with van der Waals surface area (Å²) in [6, 6.07) is 13.7.